The number of hydrogen-bond donors (Lipinski definition) is 0. The third-order valence-corrected chi connectivity index (χ3v) is 6.56. The van der Waals surface area contributed by atoms with E-state index in [0.29, 0.717) is 38.9 Å². The van der Waals surface area contributed by atoms with Crippen molar-refractivity contribution in [2.24, 2.45) is 11.8 Å². The van der Waals surface area contributed by atoms with E-state index in [1.54, 1.807) is 0 Å². The first-order valence-corrected chi connectivity index (χ1v) is 11.3. The van der Waals surface area contributed by atoms with E-state index >= 15 is 0 Å². The molecule has 0 spiro atoms. The molecule has 0 bridgehead atoms. The fourth-order valence-electron chi connectivity index (χ4n) is 4.75. The lowest BCUT2D eigenvalue weighted by Crippen LogP contribution is -2.49. The first-order chi connectivity index (χ1) is 15.1. The lowest BCUT2D eigenvalue weighted by molar-refractivity contribution is -0.141. The number of amides is 2. The Bertz CT molecular complexity index is 905. The van der Waals surface area contributed by atoms with Crippen LogP contribution in [0.1, 0.15) is 41.6 Å². The van der Waals surface area contributed by atoms with E-state index < -0.39 is 0 Å². The molecule has 0 radical (unpaired) electrons. The summed E-state index contributed by atoms with van der Waals surface area (Å²) in [5, 5.41) is 0. The minimum absolute atomic E-state index is 0.0123. The lowest BCUT2D eigenvalue weighted by Gasteiger charge is -2.37. The van der Waals surface area contributed by atoms with Crippen LogP contribution in [0, 0.1) is 11.8 Å². The highest BCUT2D eigenvalue weighted by Gasteiger charge is 2.34. The Labute approximate surface area is 184 Å². The Morgan fingerprint density at radius 3 is 2.06 bits per heavy atom. The molecule has 2 fully saturated rings. The number of Topliss-reactive ketones (excluding diaryl/α,β-unsaturated/α-hetero) is 1. The zero-order chi connectivity index (χ0) is 21.6. The molecule has 162 valence electrons. The Hall–Kier alpha value is -2.95. The number of carbonyl (C=O) groups excluding carboxylic acids is 3. The molecule has 0 aliphatic carbocycles. The average Bonchev–Trinajstić information content (AvgIpc) is 2.84. The van der Waals surface area contributed by atoms with Crippen molar-refractivity contribution in [1.82, 2.24) is 9.80 Å². The van der Waals surface area contributed by atoms with Crippen LogP contribution in [0.3, 0.4) is 0 Å². The quantitative estimate of drug-likeness (QED) is 0.698. The van der Waals surface area contributed by atoms with Crippen molar-refractivity contribution >= 4 is 17.6 Å². The number of hydrogen-bond acceptors (Lipinski definition) is 3. The largest absolute Gasteiger partial charge is 0.342 e. The van der Waals surface area contributed by atoms with Crippen LogP contribution in [0.5, 0.6) is 0 Å². The molecule has 2 amide bonds. The highest BCUT2D eigenvalue weighted by Crippen LogP contribution is 2.25. The minimum atomic E-state index is -0.130. The van der Waals surface area contributed by atoms with Gasteiger partial charge in [0.2, 0.25) is 11.8 Å². The first-order valence-electron chi connectivity index (χ1n) is 11.3. The van der Waals surface area contributed by atoms with Gasteiger partial charge in [0.25, 0.3) is 0 Å². The number of piperidine rings is 2. The van der Waals surface area contributed by atoms with Gasteiger partial charge < -0.3 is 9.80 Å². The Balaban J connectivity index is 1.29. The van der Waals surface area contributed by atoms with Crippen molar-refractivity contribution in [1.29, 1.82) is 0 Å². The second-order valence-electron chi connectivity index (χ2n) is 8.67. The zero-order valence-corrected chi connectivity index (χ0v) is 17.9. The zero-order valence-electron chi connectivity index (χ0n) is 17.9. The van der Waals surface area contributed by atoms with Gasteiger partial charge in [0.15, 0.2) is 5.78 Å². The summed E-state index contributed by atoms with van der Waals surface area (Å²) in [6, 6.07) is 19.2. The maximum absolute atomic E-state index is 13.1. The summed E-state index contributed by atoms with van der Waals surface area (Å²) in [7, 11) is 0. The molecular weight excluding hydrogens is 388 g/mol. The monoisotopic (exact) mass is 418 g/mol. The Kier molecular flexibility index (Phi) is 6.80. The molecule has 0 aromatic heterocycles. The van der Waals surface area contributed by atoms with Gasteiger partial charge in [0, 0.05) is 37.7 Å². The second kappa shape index (κ2) is 9.90. The lowest BCUT2D eigenvalue weighted by atomic mass is 9.88. The molecule has 31 heavy (non-hydrogen) atoms. The van der Waals surface area contributed by atoms with Crippen LogP contribution in [0.25, 0.3) is 0 Å². The van der Waals surface area contributed by atoms with Crippen LogP contribution in [0.15, 0.2) is 60.7 Å². The maximum atomic E-state index is 13.1. The molecule has 5 nitrogen and oxygen atoms in total. The maximum Gasteiger partial charge on any atom is 0.227 e. The number of likely N-dealkylation sites (tertiary alicyclic amines) is 2. The summed E-state index contributed by atoms with van der Waals surface area (Å²) in [5.41, 5.74) is 1.76. The summed E-state index contributed by atoms with van der Waals surface area (Å²) in [4.78, 5) is 42.3. The molecule has 5 heteroatoms. The Morgan fingerprint density at radius 1 is 0.742 bits per heavy atom. The van der Waals surface area contributed by atoms with Gasteiger partial charge in [-0.05, 0) is 31.2 Å². The second-order valence-corrected chi connectivity index (χ2v) is 8.67. The van der Waals surface area contributed by atoms with Crippen molar-refractivity contribution in [3.05, 3.63) is 71.8 Å². The van der Waals surface area contributed by atoms with Crippen LogP contribution < -0.4 is 0 Å². The number of rotatable bonds is 5. The smallest absolute Gasteiger partial charge is 0.227 e. The third kappa shape index (κ3) is 5.22. The molecule has 2 saturated heterocycles. The van der Waals surface area contributed by atoms with E-state index in [-0.39, 0.29) is 29.4 Å². The highest BCUT2D eigenvalue weighted by molar-refractivity contribution is 5.98. The molecule has 0 N–H and O–H groups in total. The highest BCUT2D eigenvalue weighted by atomic mass is 16.2. The van der Waals surface area contributed by atoms with Crippen molar-refractivity contribution in [2.75, 3.05) is 26.2 Å². The fourth-order valence-corrected chi connectivity index (χ4v) is 4.75. The van der Waals surface area contributed by atoms with E-state index in [0.717, 1.165) is 30.5 Å². The molecule has 4 rings (SSSR count). The minimum Gasteiger partial charge on any atom is -0.342 e. The fraction of sp³-hybridized carbons (Fsp3) is 0.423. The predicted molar refractivity (Wildman–Crippen MR) is 120 cm³/mol. The van der Waals surface area contributed by atoms with Crippen LogP contribution >= 0.6 is 0 Å². The molecule has 2 aliphatic heterocycles. The number of ketones is 1. The van der Waals surface area contributed by atoms with Gasteiger partial charge in [0.05, 0.1) is 12.3 Å². The molecular formula is C26H30N2O3. The van der Waals surface area contributed by atoms with Gasteiger partial charge in [-0.15, -0.1) is 0 Å². The van der Waals surface area contributed by atoms with Crippen molar-refractivity contribution in [2.45, 2.75) is 32.1 Å². The van der Waals surface area contributed by atoms with Crippen molar-refractivity contribution in [3.63, 3.8) is 0 Å². The summed E-state index contributed by atoms with van der Waals surface area (Å²) in [6.07, 6.45) is 3.50. The van der Waals surface area contributed by atoms with Gasteiger partial charge in [0.1, 0.15) is 0 Å². The first kappa shape index (κ1) is 21.3. The van der Waals surface area contributed by atoms with E-state index in [1.807, 2.05) is 70.5 Å². The van der Waals surface area contributed by atoms with Gasteiger partial charge in [-0.2, -0.15) is 0 Å². The Morgan fingerprint density at radius 2 is 1.39 bits per heavy atom. The summed E-state index contributed by atoms with van der Waals surface area (Å²) >= 11 is 0. The van der Waals surface area contributed by atoms with Gasteiger partial charge in [-0.3, -0.25) is 14.4 Å². The molecule has 1 atom stereocenters. The van der Waals surface area contributed by atoms with E-state index in [4.69, 9.17) is 0 Å². The number of nitrogens with zero attached hydrogens (tertiary/aromatic N) is 2. The summed E-state index contributed by atoms with van der Waals surface area (Å²) in [5.74, 6) is 0.276. The molecule has 2 aromatic rings. The molecule has 2 heterocycles. The summed E-state index contributed by atoms with van der Waals surface area (Å²) < 4.78 is 0. The SMILES string of the molecule is O=C(c1ccccc1)C1CCN(C(=O)C2CCCN(C(=O)Cc3ccccc3)C2)CC1. The standard InChI is InChI=1S/C26H30N2O3/c29-24(18-20-8-3-1-4-9-20)28-15-7-12-23(19-28)26(31)27-16-13-22(14-17-27)25(30)21-10-5-2-6-11-21/h1-6,8-11,22-23H,7,12-19H2. The van der Waals surface area contributed by atoms with Gasteiger partial charge in [-0.25, -0.2) is 0 Å². The number of benzene rings is 2. The van der Waals surface area contributed by atoms with Gasteiger partial charge >= 0.3 is 0 Å². The average molecular weight is 419 g/mol. The molecule has 2 aliphatic rings. The van der Waals surface area contributed by atoms with Crippen LogP contribution in [0.4, 0.5) is 0 Å². The topological polar surface area (TPSA) is 57.7 Å². The third-order valence-electron chi connectivity index (χ3n) is 6.56. The van der Waals surface area contributed by atoms with Crippen LogP contribution in [-0.4, -0.2) is 53.6 Å². The predicted octanol–water partition coefficient (Wildman–Crippen LogP) is 3.59. The van der Waals surface area contributed by atoms with Crippen LogP contribution in [0.2, 0.25) is 0 Å². The van der Waals surface area contributed by atoms with Crippen LogP contribution in [-0.2, 0) is 16.0 Å². The van der Waals surface area contributed by atoms with E-state index in [2.05, 4.69) is 0 Å². The summed E-state index contributed by atoms with van der Waals surface area (Å²) in [6.45, 7) is 2.48. The number of carbonyl (C=O) groups is 3. The molecule has 0 saturated carbocycles. The van der Waals surface area contributed by atoms with Gasteiger partial charge in [-0.1, -0.05) is 60.7 Å². The molecule has 2 aromatic carbocycles. The van der Waals surface area contributed by atoms with E-state index in [1.165, 1.54) is 0 Å². The molecule has 1 unspecified atom stereocenters. The van der Waals surface area contributed by atoms with Crippen molar-refractivity contribution < 1.29 is 14.4 Å². The van der Waals surface area contributed by atoms with E-state index in [9.17, 15) is 14.4 Å². The normalized spacial score (nSPS) is 19.8. The van der Waals surface area contributed by atoms with Crippen molar-refractivity contribution in [3.8, 4) is 0 Å².